The SMILES string of the molecule is COc1ccc(Br)cc1C1CC(=O)c2ccccc2N1. The number of carbonyl (C=O) groups excluding carboxylic acids is 1. The molecule has 2 aromatic rings. The Balaban J connectivity index is 2.02. The second kappa shape index (κ2) is 5.29. The number of carbonyl (C=O) groups is 1. The van der Waals surface area contributed by atoms with E-state index in [-0.39, 0.29) is 11.8 Å². The topological polar surface area (TPSA) is 38.3 Å². The number of halogens is 1. The summed E-state index contributed by atoms with van der Waals surface area (Å²) in [7, 11) is 1.64. The van der Waals surface area contributed by atoms with Gasteiger partial charge in [-0.25, -0.2) is 0 Å². The normalized spacial score (nSPS) is 17.3. The molecule has 102 valence electrons. The third kappa shape index (κ3) is 2.31. The molecule has 3 rings (SSSR count). The Morgan fingerprint density at radius 1 is 1.25 bits per heavy atom. The number of hydrogen-bond donors (Lipinski definition) is 1. The van der Waals surface area contributed by atoms with Crippen molar-refractivity contribution >= 4 is 27.4 Å². The maximum absolute atomic E-state index is 12.3. The Morgan fingerprint density at radius 2 is 2.05 bits per heavy atom. The molecular formula is C16H14BrNO2. The minimum Gasteiger partial charge on any atom is -0.496 e. The zero-order chi connectivity index (χ0) is 14.1. The molecule has 0 aromatic heterocycles. The molecule has 0 saturated heterocycles. The molecule has 1 N–H and O–H groups in total. The molecule has 0 radical (unpaired) electrons. The van der Waals surface area contributed by atoms with E-state index in [2.05, 4.69) is 21.2 Å². The predicted molar refractivity (Wildman–Crippen MR) is 82.4 cm³/mol. The summed E-state index contributed by atoms with van der Waals surface area (Å²) >= 11 is 3.47. The Kier molecular flexibility index (Phi) is 3.49. The quantitative estimate of drug-likeness (QED) is 0.896. The first-order valence-electron chi connectivity index (χ1n) is 6.41. The van der Waals surface area contributed by atoms with Crippen LogP contribution in [0.5, 0.6) is 5.75 Å². The molecule has 0 bridgehead atoms. The van der Waals surface area contributed by atoms with Crippen molar-refractivity contribution in [2.24, 2.45) is 0 Å². The highest BCUT2D eigenvalue weighted by Crippen LogP contribution is 2.37. The number of Topliss-reactive ketones (excluding diaryl/α,β-unsaturated/α-hetero) is 1. The summed E-state index contributed by atoms with van der Waals surface area (Å²) < 4.78 is 6.38. The first-order chi connectivity index (χ1) is 9.69. The minimum atomic E-state index is -0.0650. The van der Waals surface area contributed by atoms with Crippen LogP contribution in [0, 0.1) is 0 Å². The van der Waals surface area contributed by atoms with Crippen LogP contribution < -0.4 is 10.1 Å². The molecule has 0 amide bonds. The van der Waals surface area contributed by atoms with E-state index in [1.54, 1.807) is 7.11 Å². The Hall–Kier alpha value is -1.81. The maximum atomic E-state index is 12.3. The van der Waals surface area contributed by atoms with E-state index in [0.29, 0.717) is 6.42 Å². The van der Waals surface area contributed by atoms with Gasteiger partial charge in [-0.1, -0.05) is 28.1 Å². The lowest BCUT2D eigenvalue weighted by Gasteiger charge is -2.27. The second-order valence-corrected chi connectivity index (χ2v) is 5.67. The second-order valence-electron chi connectivity index (χ2n) is 4.76. The standard InChI is InChI=1S/C16H14BrNO2/c1-20-16-7-6-10(17)8-12(16)14-9-15(19)11-4-2-3-5-13(11)18-14/h2-8,14,18H,9H2,1H3. The van der Waals surface area contributed by atoms with Crippen LogP contribution in [0.2, 0.25) is 0 Å². The van der Waals surface area contributed by atoms with E-state index in [1.807, 2.05) is 42.5 Å². The lowest BCUT2D eigenvalue weighted by atomic mass is 9.92. The number of anilines is 1. The van der Waals surface area contributed by atoms with E-state index in [9.17, 15) is 4.79 Å². The molecule has 1 unspecified atom stereocenters. The van der Waals surface area contributed by atoms with Crippen LogP contribution in [-0.4, -0.2) is 12.9 Å². The third-order valence-electron chi connectivity index (χ3n) is 3.51. The monoisotopic (exact) mass is 331 g/mol. The molecule has 4 heteroatoms. The fourth-order valence-corrected chi connectivity index (χ4v) is 2.93. The predicted octanol–water partition coefficient (Wildman–Crippen LogP) is 4.20. The van der Waals surface area contributed by atoms with Gasteiger partial charge in [-0.15, -0.1) is 0 Å². The number of fused-ring (bicyclic) bond motifs is 1. The van der Waals surface area contributed by atoms with Crippen molar-refractivity contribution in [3.8, 4) is 5.75 Å². The van der Waals surface area contributed by atoms with Crippen LogP contribution in [0.25, 0.3) is 0 Å². The van der Waals surface area contributed by atoms with Crippen molar-refractivity contribution in [2.45, 2.75) is 12.5 Å². The van der Waals surface area contributed by atoms with Gasteiger partial charge in [-0.3, -0.25) is 4.79 Å². The van der Waals surface area contributed by atoms with Gasteiger partial charge in [-0.2, -0.15) is 0 Å². The molecule has 1 aliphatic rings. The number of ketones is 1. The Bertz CT molecular complexity index is 669. The van der Waals surface area contributed by atoms with Crippen molar-refractivity contribution in [1.82, 2.24) is 0 Å². The van der Waals surface area contributed by atoms with Gasteiger partial charge in [0.05, 0.1) is 13.2 Å². The fourth-order valence-electron chi connectivity index (χ4n) is 2.55. The van der Waals surface area contributed by atoms with Crippen molar-refractivity contribution < 1.29 is 9.53 Å². The molecule has 2 aromatic carbocycles. The van der Waals surface area contributed by atoms with Gasteiger partial charge >= 0.3 is 0 Å². The number of methoxy groups -OCH3 is 1. The highest BCUT2D eigenvalue weighted by atomic mass is 79.9. The summed E-state index contributed by atoms with van der Waals surface area (Å²) in [4.78, 5) is 12.3. The number of para-hydroxylation sites is 1. The number of benzene rings is 2. The summed E-state index contributed by atoms with van der Waals surface area (Å²) in [5, 5.41) is 3.42. The van der Waals surface area contributed by atoms with Crippen LogP contribution in [0.15, 0.2) is 46.9 Å². The van der Waals surface area contributed by atoms with E-state index < -0.39 is 0 Å². The number of hydrogen-bond acceptors (Lipinski definition) is 3. The van der Waals surface area contributed by atoms with Gasteiger partial charge in [0, 0.05) is 27.7 Å². The highest BCUT2D eigenvalue weighted by molar-refractivity contribution is 9.10. The van der Waals surface area contributed by atoms with Gasteiger partial charge in [0.25, 0.3) is 0 Å². The molecule has 0 saturated carbocycles. The van der Waals surface area contributed by atoms with Gasteiger partial charge < -0.3 is 10.1 Å². The lowest BCUT2D eigenvalue weighted by Crippen LogP contribution is -2.23. The van der Waals surface area contributed by atoms with Crippen molar-refractivity contribution in [2.75, 3.05) is 12.4 Å². The molecular weight excluding hydrogens is 318 g/mol. The van der Waals surface area contributed by atoms with Crippen molar-refractivity contribution in [3.63, 3.8) is 0 Å². The summed E-state index contributed by atoms with van der Waals surface area (Å²) in [6.45, 7) is 0. The highest BCUT2D eigenvalue weighted by Gasteiger charge is 2.27. The van der Waals surface area contributed by atoms with Crippen molar-refractivity contribution in [3.05, 3.63) is 58.1 Å². The Morgan fingerprint density at radius 3 is 2.85 bits per heavy atom. The zero-order valence-electron chi connectivity index (χ0n) is 11.0. The number of rotatable bonds is 2. The van der Waals surface area contributed by atoms with E-state index in [0.717, 1.165) is 27.0 Å². The number of ether oxygens (including phenoxy) is 1. The van der Waals surface area contributed by atoms with Crippen molar-refractivity contribution in [1.29, 1.82) is 0 Å². The largest absolute Gasteiger partial charge is 0.496 e. The summed E-state index contributed by atoms with van der Waals surface area (Å²) in [5.41, 5.74) is 2.64. The van der Waals surface area contributed by atoms with E-state index in [1.165, 1.54) is 0 Å². The molecule has 0 aliphatic carbocycles. The molecule has 20 heavy (non-hydrogen) atoms. The number of nitrogens with one attached hydrogen (secondary N) is 1. The summed E-state index contributed by atoms with van der Waals surface area (Å²) in [6.07, 6.45) is 0.434. The zero-order valence-corrected chi connectivity index (χ0v) is 12.6. The van der Waals surface area contributed by atoms with Gasteiger partial charge in [0.2, 0.25) is 0 Å². The fraction of sp³-hybridized carbons (Fsp3) is 0.188. The first kappa shape index (κ1) is 13.2. The average molecular weight is 332 g/mol. The third-order valence-corrected chi connectivity index (χ3v) is 4.01. The maximum Gasteiger partial charge on any atom is 0.167 e. The first-order valence-corrected chi connectivity index (χ1v) is 7.20. The van der Waals surface area contributed by atoms with Gasteiger partial charge in [0.15, 0.2) is 5.78 Å². The molecule has 1 aliphatic heterocycles. The molecule has 1 atom stereocenters. The smallest absolute Gasteiger partial charge is 0.167 e. The van der Waals surface area contributed by atoms with Crippen LogP contribution in [0.1, 0.15) is 28.4 Å². The van der Waals surface area contributed by atoms with Crippen LogP contribution in [0.3, 0.4) is 0 Å². The van der Waals surface area contributed by atoms with E-state index >= 15 is 0 Å². The minimum absolute atomic E-state index is 0.0650. The molecule has 1 heterocycles. The van der Waals surface area contributed by atoms with Crippen LogP contribution >= 0.6 is 15.9 Å². The van der Waals surface area contributed by atoms with Crippen LogP contribution in [-0.2, 0) is 0 Å². The summed E-state index contributed by atoms with van der Waals surface area (Å²) in [5.74, 6) is 0.948. The summed E-state index contributed by atoms with van der Waals surface area (Å²) in [6, 6.07) is 13.4. The van der Waals surface area contributed by atoms with Gasteiger partial charge in [0.1, 0.15) is 5.75 Å². The molecule has 3 nitrogen and oxygen atoms in total. The lowest BCUT2D eigenvalue weighted by molar-refractivity contribution is 0.0972. The van der Waals surface area contributed by atoms with Gasteiger partial charge in [-0.05, 0) is 30.3 Å². The van der Waals surface area contributed by atoms with E-state index in [4.69, 9.17) is 4.74 Å². The van der Waals surface area contributed by atoms with Crippen LogP contribution in [0.4, 0.5) is 5.69 Å². The molecule has 0 spiro atoms. The molecule has 0 fully saturated rings. The average Bonchev–Trinajstić information content (AvgIpc) is 2.47. The Labute approximate surface area is 126 Å².